The zero-order valence-electron chi connectivity index (χ0n) is 10.7. The second-order valence-corrected chi connectivity index (χ2v) is 5.24. The van der Waals surface area contributed by atoms with Gasteiger partial charge in [0.05, 0.1) is 11.3 Å². The van der Waals surface area contributed by atoms with Crippen molar-refractivity contribution in [2.45, 2.75) is 13.5 Å². The first-order valence-corrected chi connectivity index (χ1v) is 6.93. The van der Waals surface area contributed by atoms with E-state index in [2.05, 4.69) is 15.0 Å². The Morgan fingerprint density at radius 3 is 2.68 bits per heavy atom. The number of amides is 1. The van der Waals surface area contributed by atoms with Crippen LogP contribution in [0, 0.1) is 6.92 Å². The molecule has 1 aromatic carbocycles. The lowest BCUT2D eigenvalue weighted by atomic mass is 10.2. The number of aryl methyl sites for hydroxylation is 1. The van der Waals surface area contributed by atoms with E-state index in [4.69, 9.17) is 11.6 Å². The Kier molecular flexibility index (Phi) is 4.39. The molecule has 0 saturated carbocycles. The van der Waals surface area contributed by atoms with Crippen molar-refractivity contribution in [1.29, 1.82) is 0 Å². The Morgan fingerprint density at radius 2 is 2.05 bits per heavy atom. The average molecular weight is 296 g/mol. The lowest BCUT2D eigenvalue weighted by Crippen LogP contribution is -2.23. The van der Waals surface area contributed by atoms with E-state index in [1.165, 1.54) is 11.5 Å². The van der Waals surface area contributed by atoms with Crippen molar-refractivity contribution in [2.24, 2.45) is 0 Å². The van der Waals surface area contributed by atoms with Gasteiger partial charge in [-0.2, -0.15) is 4.37 Å². The zero-order valence-corrected chi connectivity index (χ0v) is 12.2. The van der Waals surface area contributed by atoms with E-state index >= 15 is 0 Å². The SMILES string of the molecule is CNc1snc(C)c1C(=O)NCc1ccc(Cl)cc1. The van der Waals surface area contributed by atoms with Gasteiger partial charge in [-0.25, -0.2) is 0 Å². The molecule has 19 heavy (non-hydrogen) atoms. The molecule has 0 aliphatic carbocycles. The number of carbonyl (C=O) groups is 1. The molecule has 2 rings (SSSR count). The van der Waals surface area contributed by atoms with Crippen LogP contribution in [-0.2, 0) is 6.54 Å². The highest BCUT2D eigenvalue weighted by Gasteiger charge is 2.17. The fourth-order valence-electron chi connectivity index (χ4n) is 1.68. The molecule has 0 atom stereocenters. The number of aromatic nitrogens is 1. The summed E-state index contributed by atoms with van der Waals surface area (Å²) in [7, 11) is 1.78. The van der Waals surface area contributed by atoms with Gasteiger partial charge in [-0.05, 0) is 36.2 Å². The van der Waals surface area contributed by atoms with Crippen molar-refractivity contribution in [1.82, 2.24) is 9.69 Å². The minimum atomic E-state index is -0.120. The van der Waals surface area contributed by atoms with Crippen LogP contribution < -0.4 is 10.6 Å². The first-order chi connectivity index (χ1) is 9.11. The largest absolute Gasteiger partial charge is 0.378 e. The second-order valence-electron chi connectivity index (χ2n) is 4.03. The second kappa shape index (κ2) is 6.04. The Hall–Kier alpha value is -1.59. The monoisotopic (exact) mass is 295 g/mol. The third-order valence-electron chi connectivity index (χ3n) is 2.68. The molecule has 2 aromatic rings. The van der Waals surface area contributed by atoms with Gasteiger partial charge in [-0.15, -0.1) is 0 Å². The molecule has 1 amide bonds. The van der Waals surface area contributed by atoms with E-state index in [-0.39, 0.29) is 5.91 Å². The van der Waals surface area contributed by atoms with Gasteiger partial charge < -0.3 is 10.6 Å². The van der Waals surface area contributed by atoms with Crippen LogP contribution in [-0.4, -0.2) is 17.3 Å². The van der Waals surface area contributed by atoms with Gasteiger partial charge in [0.15, 0.2) is 0 Å². The van der Waals surface area contributed by atoms with Crippen molar-refractivity contribution in [3.05, 3.63) is 46.1 Å². The summed E-state index contributed by atoms with van der Waals surface area (Å²) in [5, 5.41) is 7.33. The first kappa shape index (κ1) is 13.8. The van der Waals surface area contributed by atoms with Crippen molar-refractivity contribution < 1.29 is 4.79 Å². The molecule has 0 bridgehead atoms. The molecule has 0 aliphatic rings. The number of rotatable bonds is 4. The predicted octanol–water partition coefficient (Wildman–Crippen LogP) is 3.08. The lowest BCUT2D eigenvalue weighted by Gasteiger charge is -2.06. The van der Waals surface area contributed by atoms with Crippen LogP contribution in [0.1, 0.15) is 21.6 Å². The van der Waals surface area contributed by atoms with Gasteiger partial charge in [0.25, 0.3) is 5.91 Å². The number of anilines is 1. The molecule has 0 spiro atoms. The molecule has 0 saturated heterocycles. The quantitative estimate of drug-likeness (QED) is 0.911. The molecule has 1 aromatic heterocycles. The Balaban J connectivity index is 2.05. The van der Waals surface area contributed by atoms with Crippen molar-refractivity contribution >= 4 is 34.0 Å². The van der Waals surface area contributed by atoms with Gasteiger partial charge >= 0.3 is 0 Å². The molecule has 0 aliphatic heterocycles. The summed E-state index contributed by atoms with van der Waals surface area (Å²) in [6.07, 6.45) is 0. The summed E-state index contributed by atoms with van der Waals surface area (Å²) in [6.45, 7) is 2.29. The number of nitrogens with zero attached hydrogens (tertiary/aromatic N) is 1. The highest BCUT2D eigenvalue weighted by atomic mass is 35.5. The number of carbonyl (C=O) groups excluding carboxylic acids is 1. The summed E-state index contributed by atoms with van der Waals surface area (Å²) in [6, 6.07) is 7.39. The number of hydrogen-bond acceptors (Lipinski definition) is 4. The third-order valence-corrected chi connectivity index (χ3v) is 3.89. The van der Waals surface area contributed by atoms with Crippen LogP contribution >= 0.6 is 23.1 Å². The van der Waals surface area contributed by atoms with Gasteiger partial charge in [-0.1, -0.05) is 23.7 Å². The van der Waals surface area contributed by atoms with E-state index in [1.807, 2.05) is 19.1 Å². The van der Waals surface area contributed by atoms with Gasteiger partial charge in [0.2, 0.25) is 0 Å². The molecule has 0 unspecified atom stereocenters. The zero-order chi connectivity index (χ0) is 13.8. The normalized spacial score (nSPS) is 10.3. The Labute approximate surface area is 121 Å². The van der Waals surface area contributed by atoms with Gasteiger partial charge in [0.1, 0.15) is 5.00 Å². The van der Waals surface area contributed by atoms with E-state index in [0.29, 0.717) is 17.1 Å². The average Bonchev–Trinajstić information content (AvgIpc) is 2.79. The molecule has 1 heterocycles. The third kappa shape index (κ3) is 3.24. The summed E-state index contributed by atoms with van der Waals surface area (Å²) in [4.78, 5) is 12.1. The molecule has 6 heteroatoms. The van der Waals surface area contributed by atoms with Crippen molar-refractivity contribution in [2.75, 3.05) is 12.4 Å². The Bertz CT molecular complexity index is 580. The van der Waals surface area contributed by atoms with Crippen molar-refractivity contribution in [3.8, 4) is 0 Å². The standard InChI is InChI=1S/C13H14ClN3OS/c1-8-11(13(15-2)19-17-8)12(18)16-7-9-3-5-10(14)6-4-9/h3-6,15H,7H2,1-2H3,(H,16,18). The number of nitrogens with one attached hydrogen (secondary N) is 2. The van der Waals surface area contributed by atoms with Crippen molar-refractivity contribution in [3.63, 3.8) is 0 Å². The highest BCUT2D eigenvalue weighted by molar-refractivity contribution is 7.10. The van der Waals surface area contributed by atoms with Crippen LogP contribution in [0.3, 0.4) is 0 Å². The van der Waals surface area contributed by atoms with Crippen LogP contribution in [0.25, 0.3) is 0 Å². The maximum absolute atomic E-state index is 12.1. The van der Waals surface area contributed by atoms with E-state index in [0.717, 1.165) is 16.3 Å². The number of hydrogen-bond donors (Lipinski definition) is 2. The molecule has 0 radical (unpaired) electrons. The molecule has 100 valence electrons. The number of halogens is 1. The minimum absolute atomic E-state index is 0.120. The molecule has 0 fully saturated rings. The van der Waals surface area contributed by atoms with Crippen LogP contribution in [0.2, 0.25) is 5.02 Å². The summed E-state index contributed by atoms with van der Waals surface area (Å²) >= 11 is 7.10. The first-order valence-electron chi connectivity index (χ1n) is 5.78. The van der Waals surface area contributed by atoms with Crippen LogP contribution in [0.4, 0.5) is 5.00 Å². The fourth-order valence-corrected chi connectivity index (χ4v) is 2.55. The Morgan fingerprint density at radius 1 is 1.37 bits per heavy atom. The van der Waals surface area contributed by atoms with Gasteiger partial charge in [-0.3, -0.25) is 4.79 Å². The van der Waals surface area contributed by atoms with Gasteiger partial charge in [0, 0.05) is 18.6 Å². The highest BCUT2D eigenvalue weighted by Crippen LogP contribution is 2.23. The predicted molar refractivity (Wildman–Crippen MR) is 79.0 cm³/mol. The molecule has 2 N–H and O–H groups in total. The van der Waals surface area contributed by atoms with E-state index in [9.17, 15) is 4.79 Å². The maximum atomic E-state index is 12.1. The smallest absolute Gasteiger partial charge is 0.256 e. The van der Waals surface area contributed by atoms with E-state index < -0.39 is 0 Å². The molecular formula is C13H14ClN3OS. The summed E-state index contributed by atoms with van der Waals surface area (Å²) in [5.74, 6) is -0.120. The van der Waals surface area contributed by atoms with E-state index in [1.54, 1.807) is 19.2 Å². The number of benzene rings is 1. The van der Waals surface area contributed by atoms with Crippen LogP contribution in [0.15, 0.2) is 24.3 Å². The molecule has 4 nitrogen and oxygen atoms in total. The topological polar surface area (TPSA) is 54.0 Å². The fraction of sp³-hybridized carbons (Fsp3) is 0.231. The summed E-state index contributed by atoms with van der Waals surface area (Å²) < 4.78 is 4.18. The molecular weight excluding hydrogens is 282 g/mol. The maximum Gasteiger partial charge on any atom is 0.256 e. The minimum Gasteiger partial charge on any atom is -0.378 e. The summed E-state index contributed by atoms with van der Waals surface area (Å²) in [5.41, 5.74) is 2.36. The lowest BCUT2D eigenvalue weighted by molar-refractivity contribution is 0.0951. The van der Waals surface area contributed by atoms with Crippen LogP contribution in [0.5, 0.6) is 0 Å².